The number of rotatable bonds is 7. The van der Waals surface area contributed by atoms with Crippen LogP contribution in [0.15, 0.2) is 82.8 Å². The number of hydrogen-bond donors (Lipinski definition) is 0. The quantitative estimate of drug-likeness (QED) is 0.211. The lowest BCUT2D eigenvalue weighted by molar-refractivity contribution is -0.124. The molecule has 0 bridgehead atoms. The molecule has 7 heteroatoms. The standard InChI is InChI=1S/C34H34FN3O2S/c1-23-16-17-24(2)31(20-23)40-19-18-37-22-25(27-12-6-9-15-30(27)37)21-32-33(39)38(26-10-4-3-5-11-26)34(41-32)36-29-14-8-7-13-28(29)35/h6-9,12-17,20-22,26H,3-5,10-11,18-19H2,1-2H3/b32-21-,36-34?. The number of aliphatic imine (C=N–C) groups is 1. The molecule has 2 aliphatic rings. The molecule has 2 fully saturated rings. The molecule has 1 aliphatic heterocycles. The summed E-state index contributed by atoms with van der Waals surface area (Å²) < 4.78 is 22.9. The van der Waals surface area contributed by atoms with Crippen molar-refractivity contribution in [1.82, 2.24) is 9.47 Å². The molecule has 0 N–H and O–H groups in total. The molecule has 4 aromatic rings. The third-order valence-electron chi connectivity index (χ3n) is 7.88. The van der Waals surface area contributed by atoms with Gasteiger partial charge in [-0.3, -0.25) is 9.69 Å². The van der Waals surface area contributed by atoms with Gasteiger partial charge in [-0.2, -0.15) is 0 Å². The lowest BCUT2D eigenvalue weighted by Gasteiger charge is -2.30. The Morgan fingerprint density at radius 2 is 1.80 bits per heavy atom. The third-order valence-corrected chi connectivity index (χ3v) is 8.87. The molecule has 0 spiro atoms. The van der Waals surface area contributed by atoms with E-state index in [4.69, 9.17) is 4.74 Å². The van der Waals surface area contributed by atoms with Gasteiger partial charge in [-0.1, -0.05) is 61.7 Å². The predicted octanol–water partition coefficient (Wildman–Crippen LogP) is 8.41. The summed E-state index contributed by atoms with van der Waals surface area (Å²) in [5, 5.41) is 1.63. The predicted molar refractivity (Wildman–Crippen MR) is 166 cm³/mol. The van der Waals surface area contributed by atoms with Crippen LogP contribution in [0.3, 0.4) is 0 Å². The molecular formula is C34H34FN3O2S. The van der Waals surface area contributed by atoms with Crippen molar-refractivity contribution in [3.63, 3.8) is 0 Å². The van der Waals surface area contributed by atoms with E-state index in [0.717, 1.165) is 53.5 Å². The van der Waals surface area contributed by atoms with Crippen molar-refractivity contribution in [3.8, 4) is 5.75 Å². The average molecular weight is 568 g/mol. The number of amidine groups is 1. The van der Waals surface area contributed by atoms with Crippen LogP contribution >= 0.6 is 11.8 Å². The summed E-state index contributed by atoms with van der Waals surface area (Å²) in [7, 11) is 0. The number of amides is 1. The molecular weight excluding hydrogens is 533 g/mol. The minimum atomic E-state index is -0.389. The number of carbonyl (C=O) groups excluding carboxylic acids is 1. The summed E-state index contributed by atoms with van der Waals surface area (Å²) in [6.07, 6.45) is 9.30. The minimum absolute atomic E-state index is 0.0490. The third kappa shape index (κ3) is 5.82. The first-order chi connectivity index (χ1) is 20.0. The summed E-state index contributed by atoms with van der Waals surface area (Å²) in [4.78, 5) is 20.9. The molecule has 2 heterocycles. The van der Waals surface area contributed by atoms with Crippen molar-refractivity contribution in [2.75, 3.05) is 6.61 Å². The van der Waals surface area contributed by atoms with E-state index < -0.39 is 0 Å². The summed E-state index contributed by atoms with van der Waals surface area (Å²) in [6, 6.07) is 21.0. The fourth-order valence-corrected chi connectivity index (χ4v) is 6.75. The Bertz CT molecular complexity index is 1650. The molecule has 1 aromatic heterocycles. The van der Waals surface area contributed by atoms with Gasteiger partial charge in [-0.05, 0) is 79.9 Å². The number of para-hydroxylation sites is 2. The maximum atomic E-state index is 14.5. The van der Waals surface area contributed by atoms with Crippen LogP contribution in [0, 0.1) is 19.7 Å². The first-order valence-electron chi connectivity index (χ1n) is 14.3. The molecule has 1 amide bonds. The summed E-state index contributed by atoms with van der Waals surface area (Å²) in [5.41, 5.74) is 4.60. The number of halogens is 1. The largest absolute Gasteiger partial charge is 0.491 e. The fourth-order valence-electron chi connectivity index (χ4n) is 5.70. The molecule has 6 rings (SSSR count). The van der Waals surface area contributed by atoms with E-state index in [1.54, 1.807) is 18.2 Å². The smallest absolute Gasteiger partial charge is 0.267 e. The SMILES string of the molecule is Cc1ccc(C)c(OCCn2cc(/C=C3\SC(=Nc4ccccc4F)N(C4CCCCC4)C3=O)c3ccccc32)c1. The molecule has 3 aromatic carbocycles. The van der Waals surface area contributed by atoms with E-state index in [-0.39, 0.29) is 23.5 Å². The highest BCUT2D eigenvalue weighted by Gasteiger charge is 2.39. The number of fused-ring (bicyclic) bond motifs is 1. The molecule has 1 aliphatic carbocycles. The van der Waals surface area contributed by atoms with Gasteiger partial charge in [0.25, 0.3) is 5.91 Å². The Morgan fingerprint density at radius 3 is 2.63 bits per heavy atom. The number of hydrogen-bond acceptors (Lipinski definition) is 4. The highest BCUT2D eigenvalue weighted by atomic mass is 32.2. The van der Waals surface area contributed by atoms with Crippen LogP contribution < -0.4 is 4.74 Å². The number of aryl methyl sites for hydroxylation is 2. The van der Waals surface area contributed by atoms with Gasteiger partial charge in [-0.25, -0.2) is 9.38 Å². The Kier molecular flexibility index (Phi) is 7.97. The molecule has 0 radical (unpaired) electrons. The van der Waals surface area contributed by atoms with Crippen LogP contribution in [0.25, 0.3) is 17.0 Å². The zero-order chi connectivity index (χ0) is 28.3. The second kappa shape index (κ2) is 12.0. The van der Waals surface area contributed by atoms with Crippen LogP contribution in [0.4, 0.5) is 10.1 Å². The Balaban J connectivity index is 1.31. The number of ether oxygens (including phenoxy) is 1. The Morgan fingerprint density at radius 1 is 1.02 bits per heavy atom. The first kappa shape index (κ1) is 27.3. The molecule has 5 nitrogen and oxygen atoms in total. The first-order valence-corrected chi connectivity index (χ1v) is 15.1. The molecule has 1 saturated heterocycles. The summed E-state index contributed by atoms with van der Waals surface area (Å²) in [6.45, 7) is 5.32. The maximum Gasteiger partial charge on any atom is 0.267 e. The van der Waals surface area contributed by atoms with Gasteiger partial charge in [0.1, 0.15) is 23.9 Å². The Labute approximate surface area is 244 Å². The summed E-state index contributed by atoms with van der Waals surface area (Å²) >= 11 is 1.34. The fraction of sp³-hybridized carbons (Fsp3) is 0.294. The van der Waals surface area contributed by atoms with Gasteiger partial charge in [0.15, 0.2) is 5.17 Å². The lowest BCUT2D eigenvalue weighted by atomic mass is 9.94. The minimum Gasteiger partial charge on any atom is -0.491 e. The average Bonchev–Trinajstić information content (AvgIpc) is 3.49. The molecule has 0 atom stereocenters. The molecule has 0 unspecified atom stereocenters. The molecule has 1 saturated carbocycles. The molecule has 210 valence electrons. The van der Waals surface area contributed by atoms with E-state index in [1.807, 2.05) is 23.1 Å². The van der Waals surface area contributed by atoms with Crippen molar-refractivity contribution >= 4 is 45.5 Å². The highest BCUT2D eigenvalue weighted by Crippen LogP contribution is 2.39. The van der Waals surface area contributed by atoms with Gasteiger partial charge in [0.2, 0.25) is 0 Å². The maximum absolute atomic E-state index is 14.5. The normalized spacial score (nSPS) is 18.2. The number of aromatic nitrogens is 1. The van der Waals surface area contributed by atoms with Gasteiger partial charge < -0.3 is 9.30 Å². The van der Waals surface area contributed by atoms with E-state index in [0.29, 0.717) is 23.2 Å². The van der Waals surface area contributed by atoms with Crippen molar-refractivity contribution in [1.29, 1.82) is 0 Å². The molecule has 41 heavy (non-hydrogen) atoms. The second-order valence-electron chi connectivity index (χ2n) is 10.8. The van der Waals surface area contributed by atoms with E-state index in [1.165, 1.54) is 29.8 Å². The van der Waals surface area contributed by atoms with Crippen LogP contribution in [-0.4, -0.2) is 33.2 Å². The van der Waals surface area contributed by atoms with E-state index >= 15 is 0 Å². The monoisotopic (exact) mass is 567 g/mol. The highest BCUT2D eigenvalue weighted by molar-refractivity contribution is 8.18. The van der Waals surface area contributed by atoms with E-state index in [2.05, 4.69) is 59.9 Å². The van der Waals surface area contributed by atoms with Gasteiger partial charge in [-0.15, -0.1) is 0 Å². The van der Waals surface area contributed by atoms with Crippen LogP contribution in [0.1, 0.15) is 48.8 Å². The lowest BCUT2D eigenvalue weighted by Crippen LogP contribution is -2.40. The van der Waals surface area contributed by atoms with Crippen molar-refractivity contribution in [2.24, 2.45) is 4.99 Å². The van der Waals surface area contributed by atoms with Crippen LogP contribution in [-0.2, 0) is 11.3 Å². The summed E-state index contributed by atoms with van der Waals surface area (Å²) in [5.74, 6) is 0.466. The number of thioether (sulfide) groups is 1. The van der Waals surface area contributed by atoms with Crippen LogP contribution in [0.2, 0.25) is 0 Å². The Hall–Kier alpha value is -3.84. The van der Waals surface area contributed by atoms with Crippen molar-refractivity contribution < 1.29 is 13.9 Å². The van der Waals surface area contributed by atoms with Gasteiger partial charge >= 0.3 is 0 Å². The number of carbonyl (C=O) groups is 1. The van der Waals surface area contributed by atoms with Crippen molar-refractivity contribution in [2.45, 2.75) is 58.5 Å². The van der Waals surface area contributed by atoms with Gasteiger partial charge in [0.05, 0.1) is 11.4 Å². The number of benzene rings is 3. The van der Waals surface area contributed by atoms with Gasteiger partial charge in [0, 0.05) is 28.7 Å². The second-order valence-corrected chi connectivity index (χ2v) is 11.8. The van der Waals surface area contributed by atoms with E-state index in [9.17, 15) is 9.18 Å². The number of nitrogens with zero attached hydrogens (tertiary/aromatic N) is 3. The zero-order valence-electron chi connectivity index (χ0n) is 23.5. The zero-order valence-corrected chi connectivity index (χ0v) is 24.3. The van der Waals surface area contributed by atoms with Crippen molar-refractivity contribution in [3.05, 3.63) is 100 Å². The van der Waals surface area contributed by atoms with Crippen LogP contribution in [0.5, 0.6) is 5.75 Å². The topological polar surface area (TPSA) is 46.8 Å².